The van der Waals surface area contributed by atoms with Gasteiger partial charge in [-0.25, -0.2) is 4.39 Å². The maximum atomic E-state index is 14.8. The van der Waals surface area contributed by atoms with Crippen LogP contribution in [0.4, 0.5) is 4.39 Å². The van der Waals surface area contributed by atoms with E-state index in [-0.39, 0.29) is 40.3 Å². The third-order valence-electron chi connectivity index (χ3n) is 4.21. The van der Waals surface area contributed by atoms with E-state index in [9.17, 15) is 9.18 Å². The number of Topliss-reactive ketones (excluding diaryl/α,β-unsaturated/α-hetero) is 1. The minimum atomic E-state index is -0.665. The zero-order valence-corrected chi connectivity index (χ0v) is 15.5. The van der Waals surface area contributed by atoms with Gasteiger partial charge in [0.1, 0.15) is 17.4 Å². The van der Waals surface area contributed by atoms with Gasteiger partial charge < -0.3 is 19.4 Å². The zero-order valence-electron chi connectivity index (χ0n) is 14.8. The molecule has 0 aliphatic heterocycles. The number of methoxy groups -OCH3 is 2. The molecule has 0 spiro atoms. The highest BCUT2D eigenvalue weighted by atomic mass is 35.5. The molecule has 0 saturated heterocycles. The van der Waals surface area contributed by atoms with E-state index in [1.165, 1.54) is 14.2 Å². The Morgan fingerprint density at radius 1 is 1.29 bits per heavy atom. The number of ketones is 1. The molecule has 3 heterocycles. The van der Waals surface area contributed by atoms with Crippen molar-refractivity contribution in [1.29, 1.82) is 0 Å². The third kappa shape index (κ3) is 2.83. The van der Waals surface area contributed by atoms with E-state index in [1.807, 2.05) is 0 Å². The molecular formula is C17H14ClFN6O3. The number of hydrogen-bond donors (Lipinski definition) is 3. The number of hydrogen-bond acceptors (Lipinski definition) is 6. The number of nitrogens with one attached hydrogen (secondary N) is 3. The van der Waals surface area contributed by atoms with Crippen LogP contribution in [0.15, 0.2) is 18.5 Å². The number of benzene rings is 1. The van der Waals surface area contributed by atoms with Crippen LogP contribution in [0.5, 0.6) is 5.75 Å². The summed E-state index contributed by atoms with van der Waals surface area (Å²) in [6.07, 6.45) is 3.23. The number of ether oxygens (including phenoxy) is 2. The first-order valence-corrected chi connectivity index (χ1v) is 8.45. The molecule has 3 aromatic heterocycles. The van der Waals surface area contributed by atoms with Gasteiger partial charge in [0, 0.05) is 29.8 Å². The van der Waals surface area contributed by atoms with Crippen LogP contribution in [0, 0.1) is 5.82 Å². The Labute approximate surface area is 162 Å². The Bertz CT molecular complexity index is 1170. The largest absolute Gasteiger partial charge is 0.495 e. The summed E-state index contributed by atoms with van der Waals surface area (Å²) < 4.78 is 24.8. The number of rotatable bonds is 6. The number of nitrogens with zero attached hydrogens (tertiary/aromatic N) is 3. The molecule has 0 bridgehead atoms. The Morgan fingerprint density at radius 2 is 2.11 bits per heavy atom. The first-order valence-electron chi connectivity index (χ1n) is 8.07. The fourth-order valence-electron chi connectivity index (χ4n) is 2.96. The van der Waals surface area contributed by atoms with Crippen molar-refractivity contribution in [3.8, 4) is 28.4 Å². The quantitative estimate of drug-likeness (QED) is 0.425. The number of fused-ring (bicyclic) bond motifs is 1. The zero-order chi connectivity index (χ0) is 19.8. The molecule has 0 atom stereocenters. The van der Waals surface area contributed by atoms with Gasteiger partial charge in [-0.1, -0.05) is 11.6 Å². The van der Waals surface area contributed by atoms with E-state index in [2.05, 4.69) is 30.4 Å². The summed E-state index contributed by atoms with van der Waals surface area (Å²) in [6.45, 7) is -0.142. The molecule has 11 heteroatoms. The van der Waals surface area contributed by atoms with Crippen molar-refractivity contribution in [2.24, 2.45) is 0 Å². The van der Waals surface area contributed by atoms with Gasteiger partial charge in [-0.2, -0.15) is 5.10 Å². The summed E-state index contributed by atoms with van der Waals surface area (Å²) in [7, 11) is 2.81. The second-order valence-corrected chi connectivity index (χ2v) is 6.25. The predicted octanol–water partition coefficient (Wildman–Crippen LogP) is 2.97. The van der Waals surface area contributed by atoms with Crippen molar-refractivity contribution in [3.63, 3.8) is 0 Å². The summed E-state index contributed by atoms with van der Waals surface area (Å²) in [5, 5.41) is 14.9. The van der Waals surface area contributed by atoms with Crippen molar-refractivity contribution < 1.29 is 18.7 Å². The Kier molecular flexibility index (Phi) is 4.57. The molecular weight excluding hydrogens is 391 g/mol. The lowest BCUT2D eigenvalue weighted by atomic mass is 10.0. The Morgan fingerprint density at radius 3 is 2.79 bits per heavy atom. The second-order valence-electron chi connectivity index (χ2n) is 5.87. The standard InChI is InChI=1S/C17H14ClFN6O3/c1-27-6-9(26)16-23-17(25-24-16)15-11(7-4-20-21-5-7)8-3-10(28-2)12(18)13(19)14(8)22-15/h3-5,22H,6H2,1-2H3,(H,20,21)(H,23,24,25). The molecule has 0 unspecified atom stereocenters. The molecule has 0 saturated carbocycles. The molecule has 1 aromatic carbocycles. The van der Waals surface area contributed by atoms with Gasteiger partial charge in [0.05, 0.1) is 24.5 Å². The number of H-pyrrole nitrogens is 3. The van der Waals surface area contributed by atoms with Gasteiger partial charge in [-0.3, -0.25) is 9.89 Å². The average molecular weight is 405 g/mol. The van der Waals surface area contributed by atoms with E-state index in [1.54, 1.807) is 18.5 Å². The molecule has 0 aliphatic rings. The molecule has 0 amide bonds. The van der Waals surface area contributed by atoms with Gasteiger partial charge in [-0.15, -0.1) is 10.2 Å². The Hall–Kier alpha value is -3.24. The van der Waals surface area contributed by atoms with Crippen LogP contribution in [-0.4, -0.2) is 57.0 Å². The molecule has 144 valence electrons. The lowest BCUT2D eigenvalue weighted by Gasteiger charge is -2.05. The van der Waals surface area contributed by atoms with Crippen molar-refractivity contribution in [1.82, 2.24) is 30.4 Å². The number of halogens is 2. The van der Waals surface area contributed by atoms with E-state index in [0.29, 0.717) is 22.2 Å². The van der Waals surface area contributed by atoms with E-state index in [4.69, 9.17) is 21.1 Å². The summed E-state index contributed by atoms with van der Waals surface area (Å²) >= 11 is 6.05. The fourth-order valence-corrected chi connectivity index (χ4v) is 3.18. The molecule has 0 radical (unpaired) electrons. The van der Waals surface area contributed by atoms with E-state index in [0.717, 1.165) is 0 Å². The van der Waals surface area contributed by atoms with Crippen molar-refractivity contribution in [2.45, 2.75) is 0 Å². The molecule has 9 nitrogen and oxygen atoms in total. The highest BCUT2D eigenvalue weighted by Crippen LogP contribution is 2.42. The monoisotopic (exact) mass is 404 g/mol. The van der Waals surface area contributed by atoms with E-state index >= 15 is 0 Å². The predicted molar refractivity (Wildman–Crippen MR) is 99.0 cm³/mol. The summed E-state index contributed by atoms with van der Waals surface area (Å²) in [4.78, 5) is 17.8. The maximum absolute atomic E-state index is 14.8. The molecule has 0 aliphatic carbocycles. The SMILES string of the molecule is COCC(=O)c1nnc(-c2[nH]c3c(F)c(Cl)c(OC)cc3c2-c2cn[nH]c2)[nH]1. The Balaban J connectivity index is 1.97. The van der Waals surface area contributed by atoms with Crippen molar-refractivity contribution in [2.75, 3.05) is 20.8 Å². The lowest BCUT2D eigenvalue weighted by molar-refractivity contribution is 0.0838. The van der Waals surface area contributed by atoms with Crippen LogP contribution in [0.25, 0.3) is 33.5 Å². The molecule has 0 fully saturated rings. The highest BCUT2D eigenvalue weighted by molar-refractivity contribution is 6.33. The normalized spacial score (nSPS) is 11.3. The maximum Gasteiger partial charge on any atom is 0.225 e. The van der Waals surface area contributed by atoms with Gasteiger partial charge >= 0.3 is 0 Å². The fraction of sp³-hybridized carbons (Fsp3) is 0.176. The topological polar surface area (TPSA) is 122 Å². The molecule has 4 aromatic rings. The van der Waals surface area contributed by atoms with Gasteiger partial charge in [0.15, 0.2) is 17.5 Å². The highest BCUT2D eigenvalue weighted by Gasteiger charge is 2.24. The summed E-state index contributed by atoms with van der Waals surface area (Å²) in [5.74, 6) is -0.554. The van der Waals surface area contributed by atoms with Gasteiger partial charge in [0.2, 0.25) is 5.78 Å². The number of carbonyl (C=O) groups excluding carboxylic acids is 1. The van der Waals surface area contributed by atoms with Crippen LogP contribution in [0.1, 0.15) is 10.6 Å². The second kappa shape index (κ2) is 7.06. The number of carbonyl (C=O) groups is 1. The first kappa shape index (κ1) is 18.1. The van der Waals surface area contributed by atoms with Gasteiger partial charge in [0.25, 0.3) is 0 Å². The van der Waals surface area contributed by atoms with Crippen LogP contribution in [0.2, 0.25) is 5.02 Å². The minimum Gasteiger partial charge on any atom is -0.495 e. The van der Waals surface area contributed by atoms with Gasteiger partial charge in [-0.05, 0) is 6.07 Å². The molecule has 4 rings (SSSR count). The molecule has 28 heavy (non-hydrogen) atoms. The van der Waals surface area contributed by atoms with Crippen molar-refractivity contribution >= 4 is 28.3 Å². The van der Waals surface area contributed by atoms with Crippen LogP contribution >= 0.6 is 11.6 Å². The third-order valence-corrected chi connectivity index (χ3v) is 4.56. The van der Waals surface area contributed by atoms with E-state index < -0.39 is 5.82 Å². The number of aromatic amines is 3. The molecule has 3 N–H and O–H groups in total. The van der Waals surface area contributed by atoms with Crippen molar-refractivity contribution in [3.05, 3.63) is 35.1 Å². The number of aromatic nitrogens is 6. The van der Waals surface area contributed by atoms with Crippen LogP contribution in [0.3, 0.4) is 0 Å². The van der Waals surface area contributed by atoms with Crippen LogP contribution < -0.4 is 4.74 Å². The smallest absolute Gasteiger partial charge is 0.225 e. The summed E-state index contributed by atoms with van der Waals surface area (Å²) in [6, 6.07) is 1.62. The minimum absolute atomic E-state index is 0.0322. The summed E-state index contributed by atoms with van der Waals surface area (Å²) in [5.41, 5.74) is 1.85. The first-order chi connectivity index (χ1) is 13.5. The van der Waals surface area contributed by atoms with Crippen LogP contribution in [-0.2, 0) is 4.74 Å². The average Bonchev–Trinajstić information content (AvgIpc) is 3.43. The lowest BCUT2D eigenvalue weighted by Crippen LogP contribution is -2.08.